The van der Waals surface area contributed by atoms with Crippen molar-refractivity contribution in [2.45, 2.75) is 5.66 Å². The minimum atomic E-state index is -1.15. The van der Waals surface area contributed by atoms with Gasteiger partial charge in [-0.15, -0.1) is 0 Å². The molecule has 0 aromatic heterocycles. The highest BCUT2D eigenvalue weighted by Crippen LogP contribution is 2.36. The van der Waals surface area contributed by atoms with E-state index in [0.29, 0.717) is 16.9 Å². The van der Waals surface area contributed by atoms with E-state index in [1.54, 1.807) is 6.07 Å². The Labute approximate surface area is 142 Å². The van der Waals surface area contributed by atoms with E-state index in [9.17, 15) is 4.79 Å². The number of ether oxygens (including phenoxy) is 1. The molecule has 0 aliphatic carbocycles. The van der Waals surface area contributed by atoms with Gasteiger partial charge in [-0.3, -0.25) is 15.4 Å². The number of carbonyl (C=O) groups excluding carboxylic acids is 1. The molecule has 6 heteroatoms. The third-order valence-corrected chi connectivity index (χ3v) is 4.28. The Morgan fingerprint density at radius 2 is 1.95 bits per heavy atom. The van der Waals surface area contributed by atoms with Crippen molar-refractivity contribution in [1.82, 2.24) is 5.06 Å². The van der Waals surface area contributed by atoms with Gasteiger partial charge in [0.15, 0.2) is 5.66 Å². The first kappa shape index (κ1) is 15.3. The predicted octanol–water partition coefficient (Wildman–Crippen LogP) is 2.50. The minimum Gasteiger partial charge on any atom is -0.489 e. The standard InChI is InChI=1S/C16H15IN2O3/c1-21-19-15(20)13-8-7-11(17)9-14(13)16(19,18)10-22-12-5-3-2-4-6-12/h2-9H,10,18H2,1H3. The average Bonchev–Trinajstić information content (AvgIpc) is 2.74. The third kappa shape index (κ3) is 2.47. The molecule has 2 N–H and O–H groups in total. The Morgan fingerprint density at radius 1 is 1.23 bits per heavy atom. The summed E-state index contributed by atoms with van der Waals surface area (Å²) < 4.78 is 6.77. The van der Waals surface area contributed by atoms with Crippen molar-refractivity contribution in [3.8, 4) is 5.75 Å². The number of nitrogens with zero attached hydrogens (tertiary/aromatic N) is 1. The lowest BCUT2D eigenvalue weighted by atomic mass is 10.0. The molecule has 1 atom stereocenters. The van der Waals surface area contributed by atoms with Gasteiger partial charge in [-0.2, -0.15) is 5.06 Å². The lowest BCUT2D eigenvalue weighted by Crippen LogP contribution is -2.54. The molecule has 1 heterocycles. The van der Waals surface area contributed by atoms with Crippen molar-refractivity contribution in [3.05, 3.63) is 63.2 Å². The van der Waals surface area contributed by atoms with Crippen molar-refractivity contribution >= 4 is 28.5 Å². The average molecular weight is 410 g/mol. The first-order chi connectivity index (χ1) is 10.6. The molecule has 3 rings (SSSR count). The molecule has 1 aliphatic rings. The molecule has 0 radical (unpaired) electrons. The summed E-state index contributed by atoms with van der Waals surface area (Å²) in [5.74, 6) is 0.433. The molecule has 0 bridgehead atoms. The second kappa shape index (κ2) is 5.86. The number of halogens is 1. The van der Waals surface area contributed by atoms with Crippen LogP contribution in [0.3, 0.4) is 0 Å². The van der Waals surface area contributed by atoms with E-state index in [1.165, 1.54) is 12.2 Å². The second-order valence-corrected chi connectivity index (χ2v) is 6.24. The molecule has 1 unspecified atom stereocenters. The molecule has 1 aliphatic heterocycles. The van der Waals surface area contributed by atoms with Gasteiger partial charge in [0.05, 0.1) is 7.11 Å². The number of hydroxylamine groups is 2. The predicted molar refractivity (Wildman–Crippen MR) is 90.1 cm³/mol. The van der Waals surface area contributed by atoms with Gasteiger partial charge in [0, 0.05) is 14.7 Å². The van der Waals surface area contributed by atoms with Crippen molar-refractivity contribution in [2.24, 2.45) is 5.73 Å². The number of nitrogens with two attached hydrogens (primary N) is 1. The normalized spacial score (nSPS) is 20.1. The van der Waals surface area contributed by atoms with Crippen LogP contribution in [-0.2, 0) is 10.5 Å². The Bertz CT molecular complexity index is 708. The molecule has 5 nitrogen and oxygen atoms in total. The van der Waals surface area contributed by atoms with Crippen LogP contribution in [0.15, 0.2) is 48.5 Å². The lowest BCUT2D eigenvalue weighted by molar-refractivity contribution is -0.167. The van der Waals surface area contributed by atoms with E-state index in [2.05, 4.69) is 22.6 Å². The number of hydrogen-bond acceptors (Lipinski definition) is 4. The van der Waals surface area contributed by atoms with Crippen LogP contribution < -0.4 is 10.5 Å². The zero-order valence-corrected chi connectivity index (χ0v) is 14.1. The van der Waals surface area contributed by atoms with Crippen molar-refractivity contribution in [1.29, 1.82) is 0 Å². The monoisotopic (exact) mass is 410 g/mol. The Kier molecular flexibility index (Phi) is 4.07. The quantitative estimate of drug-likeness (QED) is 0.787. The van der Waals surface area contributed by atoms with Gasteiger partial charge in [-0.25, -0.2) is 0 Å². The van der Waals surface area contributed by atoms with Gasteiger partial charge in [-0.05, 0) is 52.9 Å². The molecule has 0 saturated carbocycles. The van der Waals surface area contributed by atoms with Crippen LogP contribution in [-0.4, -0.2) is 24.7 Å². The highest BCUT2D eigenvalue weighted by molar-refractivity contribution is 14.1. The maximum absolute atomic E-state index is 12.4. The number of hydrogen-bond donors (Lipinski definition) is 1. The van der Waals surface area contributed by atoms with E-state index in [4.69, 9.17) is 15.3 Å². The minimum absolute atomic E-state index is 0.101. The van der Waals surface area contributed by atoms with Crippen LogP contribution in [0.1, 0.15) is 15.9 Å². The summed E-state index contributed by atoms with van der Waals surface area (Å²) in [5, 5.41) is 1.18. The van der Waals surface area contributed by atoms with Crippen LogP contribution in [0.4, 0.5) is 0 Å². The van der Waals surface area contributed by atoms with Gasteiger partial charge in [0.2, 0.25) is 0 Å². The van der Waals surface area contributed by atoms with Crippen molar-refractivity contribution in [3.63, 3.8) is 0 Å². The van der Waals surface area contributed by atoms with E-state index in [-0.39, 0.29) is 12.5 Å². The fraction of sp³-hybridized carbons (Fsp3) is 0.188. The summed E-state index contributed by atoms with van der Waals surface area (Å²) in [6.07, 6.45) is 0. The number of fused-ring (bicyclic) bond motifs is 1. The van der Waals surface area contributed by atoms with Crippen LogP contribution in [0.5, 0.6) is 5.75 Å². The number of rotatable bonds is 4. The van der Waals surface area contributed by atoms with Crippen LogP contribution in [0.2, 0.25) is 0 Å². The molecule has 0 fully saturated rings. The first-order valence-electron chi connectivity index (χ1n) is 6.71. The molecule has 0 saturated heterocycles. The van der Waals surface area contributed by atoms with Gasteiger partial charge >= 0.3 is 0 Å². The summed E-state index contributed by atoms with van der Waals surface area (Å²) in [6, 6.07) is 14.9. The molecule has 1 amide bonds. The number of amides is 1. The largest absolute Gasteiger partial charge is 0.489 e. The van der Waals surface area contributed by atoms with Gasteiger partial charge in [-0.1, -0.05) is 18.2 Å². The zero-order chi connectivity index (χ0) is 15.7. The highest BCUT2D eigenvalue weighted by atomic mass is 127. The number of benzene rings is 2. The topological polar surface area (TPSA) is 64.8 Å². The molecule has 0 spiro atoms. The van der Waals surface area contributed by atoms with Gasteiger partial charge in [0.1, 0.15) is 12.4 Å². The lowest BCUT2D eigenvalue weighted by Gasteiger charge is -2.33. The van der Waals surface area contributed by atoms with Crippen molar-refractivity contribution in [2.75, 3.05) is 13.7 Å². The number of carbonyl (C=O) groups is 1. The summed E-state index contributed by atoms with van der Waals surface area (Å²) in [7, 11) is 1.43. The molecule has 22 heavy (non-hydrogen) atoms. The maximum Gasteiger partial charge on any atom is 0.280 e. The zero-order valence-electron chi connectivity index (χ0n) is 12.0. The SMILES string of the molecule is CON1C(=O)c2ccc(I)cc2C1(N)COc1ccccc1. The van der Waals surface area contributed by atoms with E-state index >= 15 is 0 Å². The summed E-state index contributed by atoms with van der Waals surface area (Å²) >= 11 is 2.19. The van der Waals surface area contributed by atoms with E-state index in [0.717, 1.165) is 3.57 Å². The Morgan fingerprint density at radius 3 is 2.64 bits per heavy atom. The summed E-state index contributed by atoms with van der Waals surface area (Å²) in [5.41, 5.74) is 6.58. The molecule has 2 aromatic rings. The summed E-state index contributed by atoms with van der Waals surface area (Å²) in [4.78, 5) is 17.7. The van der Waals surface area contributed by atoms with Crippen LogP contribution in [0, 0.1) is 3.57 Å². The Balaban J connectivity index is 1.96. The summed E-state index contributed by atoms with van der Waals surface area (Å²) in [6.45, 7) is 0.101. The van der Waals surface area contributed by atoms with Crippen LogP contribution in [0.25, 0.3) is 0 Å². The fourth-order valence-corrected chi connectivity index (χ4v) is 3.04. The first-order valence-corrected chi connectivity index (χ1v) is 7.79. The second-order valence-electron chi connectivity index (χ2n) is 5.00. The third-order valence-electron chi connectivity index (χ3n) is 3.61. The van der Waals surface area contributed by atoms with Gasteiger partial charge < -0.3 is 4.74 Å². The molecule has 114 valence electrons. The highest BCUT2D eigenvalue weighted by Gasteiger charge is 2.49. The van der Waals surface area contributed by atoms with E-state index < -0.39 is 5.66 Å². The number of para-hydroxylation sites is 1. The molecule has 2 aromatic carbocycles. The molecular formula is C16H15IN2O3. The Hall–Kier alpha value is -1.64. The van der Waals surface area contributed by atoms with Crippen LogP contribution >= 0.6 is 22.6 Å². The van der Waals surface area contributed by atoms with Crippen molar-refractivity contribution < 1.29 is 14.4 Å². The van der Waals surface area contributed by atoms with E-state index in [1.807, 2.05) is 42.5 Å². The van der Waals surface area contributed by atoms with Gasteiger partial charge in [0.25, 0.3) is 5.91 Å². The molecular weight excluding hydrogens is 395 g/mol. The smallest absolute Gasteiger partial charge is 0.280 e. The fourth-order valence-electron chi connectivity index (χ4n) is 2.55. The maximum atomic E-state index is 12.4.